The van der Waals surface area contributed by atoms with E-state index in [2.05, 4.69) is 10.6 Å². The largest absolute Gasteiger partial charge is 0.381 e. The molecule has 3 heterocycles. The van der Waals surface area contributed by atoms with E-state index in [4.69, 9.17) is 4.74 Å². The van der Waals surface area contributed by atoms with E-state index in [1.54, 1.807) is 4.90 Å². The number of nitrogens with one attached hydrogen (secondary N) is 2. The third-order valence-corrected chi connectivity index (χ3v) is 5.66. The van der Waals surface area contributed by atoms with Gasteiger partial charge >= 0.3 is 0 Å². The number of hydrogen-bond acceptors (Lipinski definition) is 5. The van der Waals surface area contributed by atoms with Crippen LogP contribution in [0.1, 0.15) is 34.3 Å². The zero-order chi connectivity index (χ0) is 18.0. The molecule has 1 aromatic heterocycles. The van der Waals surface area contributed by atoms with E-state index in [1.807, 2.05) is 19.1 Å². The molecule has 2 N–H and O–H groups in total. The van der Waals surface area contributed by atoms with Gasteiger partial charge in [-0.05, 0) is 31.9 Å². The lowest BCUT2D eigenvalue weighted by atomic mass is 9.89. The second kappa shape index (κ2) is 7.13. The van der Waals surface area contributed by atoms with Crippen LogP contribution < -0.4 is 10.6 Å². The van der Waals surface area contributed by atoms with E-state index < -0.39 is 11.6 Å². The van der Waals surface area contributed by atoms with Gasteiger partial charge in [0.25, 0.3) is 5.91 Å². The number of aryl methyl sites for hydroxylation is 1. The molecular weight excluding hydrogens is 342 g/mol. The fourth-order valence-electron chi connectivity index (χ4n) is 3.38. The van der Waals surface area contributed by atoms with Gasteiger partial charge < -0.3 is 20.3 Å². The van der Waals surface area contributed by atoms with Crippen LogP contribution in [-0.2, 0) is 14.3 Å². The topological polar surface area (TPSA) is 87.7 Å². The molecule has 0 bridgehead atoms. The minimum absolute atomic E-state index is 0.101. The summed E-state index contributed by atoms with van der Waals surface area (Å²) in [6, 6.07) is 2.98. The Morgan fingerprint density at radius 1 is 1.36 bits per heavy atom. The molecule has 0 aromatic carbocycles. The zero-order valence-corrected chi connectivity index (χ0v) is 15.3. The lowest BCUT2D eigenvalue weighted by Crippen LogP contribution is -2.57. The van der Waals surface area contributed by atoms with Crippen molar-refractivity contribution in [3.05, 3.63) is 21.9 Å². The zero-order valence-electron chi connectivity index (χ0n) is 14.5. The van der Waals surface area contributed by atoms with E-state index in [0.29, 0.717) is 37.5 Å². The standard InChI is InChI=1S/C17H23N3O4S/c1-11-3-4-14(25-11)16(23)20-9-13(18-12(2)21)15(22)19-17(10-20)5-7-24-8-6-17/h3-4,13H,5-10H2,1-2H3,(H,18,21)(H,19,22). The third kappa shape index (κ3) is 4.01. The van der Waals surface area contributed by atoms with Crippen molar-refractivity contribution >= 4 is 29.1 Å². The molecule has 136 valence electrons. The molecule has 2 saturated heterocycles. The molecule has 0 saturated carbocycles. The maximum absolute atomic E-state index is 13.0. The van der Waals surface area contributed by atoms with Crippen molar-refractivity contribution in [1.82, 2.24) is 15.5 Å². The van der Waals surface area contributed by atoms with Gasteiger partial charge in [0.2, 0.25) is 11.8 Å². The normalized spacial score (nSPS) is 23.0. The van der Waals surface area contributed by atoms with Gasteiger partial charge in [0, 0.05) is 31.6 Å². The Morgan fingerprint density at radius 2 is 2.08 bits per heavy atom. The number of carbonyl (C=O) groups excluding carboxylic acids is 3. The van der Waals surface area contributed by atoms with Crippen LogP contribution in [0.15, 0.2) is 12.1 Å². The van der Waals surface area contributed by atoms with Crippen LogP contribution in [0.3, 0.4) is 0 Å². The molecule has 1 atom stereocenters. The molecule has 2 fully saturated rings. The van der Waals surface area contributed by atoms with E-state index in [1.165, 1.54) is 18.3 Å². The summed E-state index contributed by atoms with van der Waals surface area (Å²) in [6.45, 7) is 5.01. The summed E-state index contributed by atoms with van der Waals surface area (Å²) in [6.07, 6.45) is 1.30. The number of ether oxygens (including phenoxy) is 1. The summed E-state index contributed by atoms with van der Waals surface area (Å²) >= 11 is 1.44. The van der Waals surface area contributed by atoms with Crippen molar-refractivity contribution in [1.29, 1.82) is 0 Å². The Labute approximate surface area is 150 Å². The fourth-order valence-corrected chi connectivity index (χ4v) is 4.22. The van der Waals surface area contributed by atoms with Gasteiger partial charge in [0.15, 0.2) is 0 Å². The molecule has 7 nitrogen and oxygen atoms in total. The molecule has 3 rings (SSSR count). The maximum Gasteiger partial charge on any atom is 0.264 e. The van der Waals surface area contributed by atoms with E-state index in [9.17, 15) is 14.4 Å². The minimum atomic E-state index is -0.746. The minimum Gasteiger partial charge on any atom is -0.381 e. The first-order valence-corrected chi connectivity index (χ1v) is 9.23. The number of rotatable bonds is 2. The molecule has 2 aliphatic heterocycles. The highest BCUT2D eigenvalue weighted by Crippen LogP contribution is 2.26. The molecule has 3 amide bonds. The molecule has 1 aromatic rings. The van der Waals surface area contributed by atoms with Gasteiger partial charge in [-0.1, -0.05) is 0 Å². The second-order valence-electron chi connectivity index (χ2n) is 6.73. The molecule has 0 radical (unpaired) electrons. The fraction of sp³-hybridized carbons (Fsp3) is 0.588. The van der Waals surface area contributed by atoms with Crippen molar-refractivity contribution in [2.45, 2.75) is 38.3 Å². The summed E-state index contributed by atoms with van der Waals surface area (Å²) in [7, 11) is 0. The van der Waals surface area contributed by atoms with E-state index >= 15 is 0 Å². The number of thiophene rings is 1. The summed E-state index contributed by atoms with van der Waals surface area (Å²) in [4.78, 5) is 40.5. The van der Waals surface area contributed by atoms with Gasteiger partial charge in [-0.3, -0.25) is 14.4 Å². The van der Waals surface area contributed by atoms with Crippen molar-refractivity contribution in [2.75, 3.05) is 26.3 Å². The van der Waals surface area contributed by atoms with E-state index in [0.717, 1.165) is 4.88 Å². The van der Waals surface area contributed by atoms with Crippen LogP contribution in [0.4, 0.5) is 0 Å². The average molecular weight is 365 g/mol. The Kier molecular flexibility index (Phi) is 5.10. The van der Waals surface area contributed by atoms with Crippen LogP contribution >= 0.6 is 11.3 Å². The summed E-state index contributed by atoms with van der Waals surface area (Å²) < 4.78 is 5.43. The third-order valence-electron chi connectivity index (χ3n) is 4.67. The molecule has 25 heavy (non-hydrogen) atoms. The average Bonchev–Trinajstić information content (AvgIpc) is 2.94. The molecule has 2 aliphatic rings. The van der Waals surface area contributed by atoms with Crippen LogP contribution in [0.5, 0.6) is 0 Å². The Balaban J connectivity index is 1.88. The van der Waals surface area contributed by atoms with Crippen molar-refractivity contribution in [3.63, 3.8) is 0 Å². The van der Waals surface area contributed by atoms with Crippen molar-refractivity contribution in [3.8, 4) is 0 Å². The number of carbonyl (C=O) groups is 3. The van der Waals surface area contributed by atoms with Crippen LogP contribution in [-0.4, -0.2) is 60.5 Å². The smallest absolute Gasteiger partial charge is 0.264 e. The Hall–Kier alpha value is -1.93. The summed E-state index contributed by atoms with van der Waals surface area (Å²) in [5.74, 6) is -0.631. The SMILES string of the molecule is CC(=O)NC1CN(C(=O)c2ccc(C)s2)CC2(CCOCC2)NC1=O. The second-order valence-corrected chi connectivity index (χ2v) is 8.02. The maximum atomic E-state index is 13.0. The molecular formula is C17H23N3O4S. The predicted molar refractivity (Wildman–Crippen MR) is 93.5 cm³/mol. The summed E-state index contributed by atoms with van der Waals surface area (Å²) in [5.41, 5.74) is -0.496. The highest BCUT2D eigenvalue weighted by atomic mass is 32.1. The van der Waals surface area contributed by atoms with Crippen molar-refractivity contribution < 1.29 is 19.1 Å². The van der Waals surface area contributed by atoms with Gasteiger partial charge in [0.1, 0.15) is 6.04 Å². The highest BCUT2D eigenvalue weighted by molar-refractivity contribution is 7.13. The lowest BCUT2D eigenvalue weighted by Gasteiger charge is -2.39. The number of amides is 3. The summed E-state index contributed by atoms with van der Waals surface area (Å²) in [5, 5.41) is 5.73. The highest BCUT2D eigenvalue weighted by Gasteiger charge is 2.43. The lowest BCUT2D eigenvalue weighted by molar-refractivity contribution is -0.129. The quantitative estimate of drug-likeness (QED) is 0.807. The van der Waals surface area contributed by atoms with Gasteiger partial charge in [-0.25, -0.2) is 0 Å². The Morgan fingerprint density at radius 3 is 2.68 bits per heavy atom. The predicted octanol–water partition coefficient (Wildman–Crippen LogP) is 0.682. The first kappa shape index (κ1) is 17.9. The van der Waals surface area contributed by atoms with Crippen LogP contribution in [0, 0.1) is 6.92 Å². The molecule has 0 aliphatic carbocycles. The first-order chi connectivity index (χ1) is 11.9. The molecule has 1 spiro atoms. The first-order valence-electron chi connectivity index (χ1n) is 8.41. The van der Waals surface area contributed by atoms with Gasteiger partial charge in [-0.15, -0.1) is 11.3 Å². The van der Waals surface area contributed by atoms with Gasteiger partial charge in [0.05, 0.1) is 17.0 Å². The van der Waals surface area contributed by atoms with E-state index in [-0.39, 0.29) is 24.3 Å². The van der Waals surface area contributed by atoms with Crippen molar-refractivity contribution in [2.24, 2.45) is 0 Å². The Bertz CT molecular complexity index is 681. The number of hydrogen-bond donors (Lipinski definition) is 2. The molecule has 8 heteroatoms. The molecule has 1 unspecified atom stereocenters. The van der Waals surface area contributed by atoms with Crippen LogP contribution in [0.25, 0.3) is 0 Å². The monoisotopic (exact) mass is 365 g/mol. The number of nitrogens with zero attached hydrogens (tertiary/aromatic N) is 1. The van der Waals surface area contributed by atoms with Crippen LogP contribution in [0.2, 0.25) is 0 Å². The van der Waals surface area contributed by atoms with Gasteiger partial charge in [-0.2, -0.15) is 0 Å².